The van der Waals surface area contributed by atoms with E-state index in [1.54, 1.807) is 12.1 Å². The number of carbonyl (C=O) groups excluding carboxylic acids is 1. The molecule has 0 saturated carbocycles. The van der Waals surface area contributed by atoms with Gasteiger partial charge in [-0.05, 0) is 6.92 Å². The molecular weight excluding hydrogens is 132 g/mol. The lowest BCUT2D eigenvalue weighted by Gasteiger charge is -2.00. The van der Waals surface area contributed by atoms with Crippen LogP contribution in [0.4, 0.5) is 0 Å². The lowest BCUT2D eigenvalue weighted by Crippen LogP contribution is -2.11. The predicted molar refractivity (Wildman–Crippen MR) is 31.4 cm³/mol. The van der Waals surface area contributed by atoms with Crippen molar-refractivity contribution in [3.05, 3.63) is 0 Å². The van der Waals surface area contributed by atoms with Crippen LogP contribution in [0.15, 0.2) is 0 Å². The van der Waals surface area contributed by atoms with Crippen molar-refractivity contribution in [3.8, 4) is 12.1 Å². The minimum Gasteiger partial charge on any atom is -0.446 e. The van der Waals surface area contributed by atoms with Gasteiger partial charge in [-0.1, -0.05) is 0 Å². The van der Waals surface area contributed by atoms with E-state index in [0.717, 1.165) is 0 Å². The number of hydrogen-bond acceptors (Lipinski definition) is 4. The Kier molecular flexibility index (Phi) is 3.67. The summed E-state index contributed by atoms with van der Waals surface area (Å²) in [6, 6.07) is 3.31. The number of nitrogens with zero attached hydrogens (tertiary/aromatic N) is 2. The van der Waals surface area contributed by atoms with Crippen LogP contribution in [0.5, 0.6) is 0 Å². The third kappa shape index (κ3) is 3.45. The maximum absolute atomic E-state index is 10.4. The van der Waals surface area contributed by atoms with Gasteiger partial charge in [0.15, 0.2) is 6.10 Å². The van der Waals surface area contributed by atoms with Gasteiger partial charge in [-0.2, -0.15) is 10.5 Å². The van der Waals surface area contributed by atoms with E-state index in [0.29, 0.717) is 0 Å². The Morgan fingerprint density at radius 2 is 2.30 bits per heavy atom. The topological polar surface area (TPSA) is 73.9 Å². The van der Waals surface area contributed by atoms with Crippen LogP contribution in [0.3, 0.4) is 0 Å². The van der Waals surface area contributed by atoms with Crippen molar-refractivity contribution in [1.82, 2.24) is 0 Å². The fraction of sp³-hybridized carbons (Fsp3) is 0.500. The van der Waals surface area contributed by atoms with Crippen LogP contribution in [0.2, 0.25) is 0 Å². The Hall–Kier alpha value is -1.55. The minimum absolute atomic E-state index is 0.300. The van der Waals surface area contributed by atoms with E-state index in [4.69, 9.17) is 10.5 Å². The van der Waals surface area contributed by atoms with Crippen LogP contribution >= 0.6 is 0 Å². The molecule has 0 aliphatic heterocycles. The number of esters is 1. The highest BCUT2D eigenvalue weighted by Crippen LogP contribution is 1.91. The SMILES string of the molecule is CC(C#N)OC(=O)CC#N. The van der Waals surface area contributed by atoms with Crippen LogP contribution in [0, 0.1) is 22.7 Å². The molecule has 0 saturated heterocycles. The summed E-state index contributed by atoms with van der Waals surface area (Å²) in [4.78, 5) is 10.4. The highest BCUT2D eigenvalue weighted by molar-refractivity contribution is 5.72. The fourth-order valence-electron chi connectivity index (χ4n) is 0.330. The molecule has 0 bridgehead atoms. The van der Waals surface area contributed by atoms with Gasteiger partial charge >= 0.3 is 5.97 Å². The molecule has 0 aliphatic carbocycles. The van der Waals surface area contributed by atoms with Gasteiger partial charge in [-0.25, -0.2) is 0 Å². The summed E-state index contributed by atoms with van der Waals surface area (Å²) in [6.45, 7) is 1.44. The van der Waals surface area contributed by atoms with Crippen LogP contribution in [-0.2, 0) is 9.53 Å². The van der Waals surface area contributed by atoms with Crippen molar-refractivity contribution in [2.45, 2.75) is 19.4 Å². The Morgan fingerprint density at radius 3 is 2.70 bits per heavy atom. The average Bonchev–Trinajstić information content (AvgIpc) is 1.88. The monoisotopic (exact) mass is 138 g/mol. The molecule has 0 aromatic rings. The summed E-state index contributed by atoms with van der Waals surface area (Å²) in [6.07, 6.45) is -1.06. The Labute approximate surface area is 58.6 Å². The van der Waals surface area contributed by atoms with Gasteiger partial charge in [-0.3, -0.25) is 4.79 Å². The number of carbonyl (C=O) groups is 1. The molecule has 0 aromatic carbocycles. The maximum Gasteiger partial charge on any atom is 0.321 e. The molecule has 1 unspecified atom stereocenters. The second kappa shape index (κ2) is 4.34. The molecule has 0 rings (SSSR count). The molecule has 0 radical (unpaired) electrons. The van der Waals surface area contributed by atoms with Gasteiger partial charge in [0, 0.05) is 0 Å². The molecule has 0 N–H and O–H groups in total. The lowest BCUT2D eigenvalue weighted by atomic mass is 10.4. The number of nitriles is 2. The Morgan fingerprint density at radius 1 is 1.70 bits per heavy atom. The molecule has 1 atom stereocenters. The second-order valence-corrected chi connectivity index (χ2v) is 1.60. The van der Waals surface area contributed by atoms with Crippen LogP contribution in [0.1, 0.15) is 13.3 Å². The van der Waals surface area contributed by atoms with Gasteiger partial charge in [0.05, 0.1) is 6.07 Å². The third-order valence-electron chi connectivity index (χ3n) is 0.713. The van der Waals surface area contributed by atoms with Crippen LogP contribution < -0.4 is 0 Å². The highest BCUT2D eigenvalue weighted by Gasteiger charge is 2.05. The molecule has 0 spiro atoms. The quantitative estimate of drug-likeness (QED) is 0.516. The molecule has 0 aromatic heterocycles. The smallest absolute Gasteiger partial charge is 0.321 e. The summed E-state index contributed by atoms with van der Waals surface area (Å²) in [5, 5.41) is 16.1. The summed E-state index contributed by atoms with van der Waals surface area (Å²) >= 11 is 0. The van der Waals surface area contributed by atoms with E-state index in [9.17, 15) is 4.79 Å². The van der Waals surface area contributed by atoms with Crippen molar-refractivity contribution in [2.75, 3.05) is 0 Å². The molecule has 0 fully saturated rings. The zero-order valence-electron chi connectivity index (χ0n) is 5.50. The van der Waals surface area contributed by atoms with Gasteiger partial charge < -0.3 is 4.74 Å². The zero-order chi connectivity index (χ0) is 7.98. The first-order valence-electron chi connectivity index (χ1n) is 2.66. The first-order valence-corrected chi connectivity index (χ1v) is 2.66. The molecular formula is C6H6N2O2. The van der Waals surface area contributed by atoms with E-state index in [2.05, 4.69) is 4.74 Å². The maximum atomic E-state index is 10.4. The molecule has 0 aliphatic rings. The van der Waals surface area contributed by atoms with E-state index in [1.165, 1.54) is 6.92 Å². The molecule has 0 amide bonds. The van der Waals surface area contributed by atoms with E-state index in [1.807, 2.05) is 0 Å². The fourth-order valence-corrected chi connectivity index (χ4v) is 0.330. The summed E-state index contributed by atoms with van der Waals surface area (Å²) in [5.41, 5.74) is 0. The van der Waals surface area contributed by atoms with Crippen molar-refractivity contribution in [3.63, 3.8) is 0 Å². The molecule has 10 heavy (non-hydrogen) atoms. The molecule has 52 valence electrons. The number of hydrogen-bond donors (Lipinski definition) is 0. The number of ether oxygens (including phenoxy) is 1. The summed E-state index contributed by atoms with van der Waals surface area (Å²) in [7, 11) is 0. The minimum atomic E-state index is -0.763. The van der Waals surface area contributed by atoms with E-state index < -0.39 is 12.1 Å². The van der Waals surface area contributed by atoms with Crippen molar-refractivity contribution < 1.29 is 9.53 Å². The molecule has 4 nitrogen and oxygen atoms in total. The normalized spacial score (nSPS) is 10.7. The Bertz CT molecular complexity index is 199. The predicted octanol–water partition coefficient (Wildman–Crippen LogP) is 0.355. The standard InChI is InChI=1S/C6H6N2O2/c1-5(4-8)10-6(9)2-3-7/h5H,2H2,1H3. The highest BCUT2D eigenvalue weighted by atomic mass is 16.5. The first-order chi connectivity index (χ1) is 4.70. The van der Waals surface area contributed by atoms with Gasteiger partial charge in [0.1, 0.15) is 12.5 Å². The van der Waals surface area contributed by atoms with Crippen molar-refractivity contribution >= 4 is 5.97 Å². The zero-order valence-corrected chi connectivity index (χ0v) is 5.50. The van der Waals surface area contributed by atoms with Crippen LogP contribution in [0.25, 0.3) is 0 Å². The summed E-state index contributed by atoms with van der Waals surface area (Å²) < 4.78 is 4.42. The number of rotatable bonds is 2. The Balaban J connectivity index is 3.63. The molecule has 4 heteroatoms. The van der Waals surface area contributed by atoms with Gasteiger partial charge in [0.25, 0.3) is 0 Å². The summed E-state index contributed by atoms with van der Waals surface area (Å²) in [5.74, 6) is -0.656. The lowest BCUT2D eigenvalue weighted by molar-refractivity contribution is -0.144. The average molecular weight is 138 g/mol. The third-order valence-corrected chi connectivity index (χ3v) is 0.713. The van der Waals surface area contributed by atoms with Crippen molar-refractivity contribution in [2.24, 2.45) is 0 Å². The van der Waals surface area contributed by atoms with E-state index in [-0.39, 0.29) is 6.42 Å². The second-order valence-electron chi connectivity index (χ2n) is 1.60. The first kappa shape index (κ1) is 8.45. The van der Waals surface area contributed by atoms with Gasteiger partial charge in [-0.15, -0.1) is 0 Å². The van der Waals surface area contributed by atoms with E-state index >= 15 is 0 Å². The van der Waals surface area contributed by atoms with Crippen molar-refractivity contribution in [1.29, 1.82) is 10.5 Å². The van der Waals surface area contributed by atoms with Gasteiger partial charge in [0.2, 0.25) is 0 Å². The van der Waals surface area contributed by atoms with Crippen LogP contribution in [-0.4, -0.2) is 12.1 Å². The largest absolute Gasteiger partial charge is 0.446 e. The molecule has 0 heterocycles.